The molecule has 0 radical (unpaired) electrons. The van der Waals surface area contributed by atoms with Gasteiger partial charge >= 0.3 is 6.03 Å². The Morgan fingerprint density at radius 3 is 2.42 bits per heavy atom. The Bertz CT molecular complexity index is 600. The average molecular weight is 328 g/mol. The minimum atomic E-state index is -0.155. The number of rotatable bonds is 4. The van der Waals surface area contributed by atoms with E-state index < -0.39 is 0 Å². The maximum Gasteiger partial charge on any atom is 0.319 e. The number of aryl methyl sites for hydroxylation is 1. The zero-order valence-electron chi connectivity index (χ0n) is 14.7. The molecule has 4 aliphatic carbocycles. The Labute approximate surface area is 144 Å². The monoisotopic (exact) mass is 328 g/mol. The second kappa shape index (κ2) is 6.07. The first-order valence-electron chi connectivity index (χ1n) is 9.25. The van der Waals surface area contributed by atoms with Gasteiger partial charge in [0.15, 0.2) is 0 Å². The smallest absolute Gasteiger partial charge is 0.319 e. The molecule has 2 N–H and O–H groups in total. The molecule has 4 aliphatic rings. The number of carbonyl (C=O) groups is 1. The number of ether oxygens (including phenoxy) is 1. The van der Waals surface area contributed by atoms with Crippen LogP contribution in [0.2, 0.25) is 0 Å². The quantitative estimate of drug-likeness (QED) is 0.879. The normalized spacial score (nSPS) is 36.6. The summed E-state index contributed by atoms with van der Waals surface area (Å²) in [4.78, 5) is 12.3. The third-order valence-electron chi connectivity index (χ3n) is 6.70. The van der Waals surface area contributed by atoms with Crippen molar-refractivity contribution in [2.75, 3.05) is 19.0 Å². The van der Waals surface area contributed by atoms with E-state index in [-0.39, 0.29) is 11.6 Å². The van der Waals surface area contributed by atoms with Crippen LogP contribution in [0.4, 0.5) is 10.5 Å². The van der Waals surface area contributed by atoms with E-state index in [4.69, 9.17) is 4.74 Å². The van der Waals surface area contributed by atoms with E-state index in [1.165, 1.54) is 32.1 Å². The van der Waals surface area contributed by atoms with E-state index in [9.17, 15) is 4.79 Å². The first-order valence-corrected chi connectivity index (χ1v) is 9.25. The summed E-state index contributed by atoms with van der Waals surface area (Å²) in [5.74, 6) is 3.02. The van der Waals surface area contributed by atoms with E-state index >= 15 is 0 Å². The van der Waals surface area contributed by atoms with E-state index in [1.807, 2.05) is 38.3 Å². The molecule has 0 spiro atoms. The zero-order chi connectivity index (χ0) is 16.7. The minimum Gasteiger partial charge on any atom is -0.376 e. The molecular formula is C20H28N2O2. The Hall–Kier alpha value is -1.55. The Balaban J connectivity index is 1.41. The molecular weight excluding hydrogens is 300 g/mol. The van der Waals surface area contributed by atoms with Crippen molar-refractivity contribution in [3.63, 3.8) is 0 Å². The van der Waals surface area contributed by atoms with Crippen LogP contribution >= 0.6 is 0 Å². The van der Waals surface area contributed by atoms with Crippen LogP contribution in [-0.2, 0) is 4.74 Å². The van der Waals surface area contributed by atoms with Crippen molar-refractivity contribution >= 4 is 11.7 Å². The van der Waals surface area contributed by atoms with Crippen molar-refractivity contribution in [3.8, 4) is 0 Å². The molecule has 0 saturated heterocycles. The Kier molecular flexibility index (Phi) is 4.03. The highest BCUT2D eigenvalue weighted by Crippen LogP contribution is 2.59. The van der Waals surface area contributed by atoms with Crippen molar-refractivity contribution in [3.05, 3.63) is 29.8 Å². The molecule has 0 atom stereocenters. The van der Waals surface area contributed by atoms with Crippen LogP contribution in [-0.4, -0.2) is 25.3 Å². The third kappa shape index (κ3) is 2.71. The lowest BCUT2D eigenvalue weighted by atomic mass is 9.49. The highest BCUT2D eigenvalue weighted by molar-refractivity contribution is 5.89. The molecule has 0 aliphatic heterocycles. The fraction of sp³-hybridized carbons (Fsp3) is 0.650. The van der Waals surface area contributed by atoms with Crippen molar-refractivity contribution < 1.29 is 9.53 Å². The summed E-state index contributed by atoms with van der Waals surface area (Å²) < 4.78 is 6.09. The van der Waals surface area contributed by atoms with Crippen LogP contribution in [0.5, 0.6) is 0 Å². The van der Waals surface area contributed by atoms with Crippen LogP contribution in [0.15, 0.2) is 24.3 Å². The molecule has 0 aromatic heterocycles. The maximum atomic E-state index is 12.3. The molecule has 1 aromatic carbocycles. The highest BCUT2D eigenvalue weighted by Gasteiger charge is 2.57. The van der Waals surface area contributed by atoms with Crippen LogP contribution in [0.25, 0.3) is 0 Å². The second-order valence-corrected chi connectivity index (χ2v) is 8.14. The molecule has 4 bridgehead atoms. The van der Waals surface area contributed by atoms with E-state index in [0.717, 1.165) is 23.1 Å². The SMILES string of the molecule is COC1(CNC(=O)Nc2cccc(C)c2)C2CC3CC(C2)CC1C3. The predicted molar refractivity (Wildman–Crippen MR) is 95.0 cm³/mol. The number of hydrogen-bond acceptors (Lipinski definition) is 2. The molecule has 4 fully saturated rings. The van der Waals surface area contributed by atoms with Crippen LogP contribution in [0, 0.1) is 30.6 Å². The maximum absolute atomic E-state index is 12.3. The number of nitrogens with one attached hydrogen (secondary N) is 2. The summed E-state index contributed by atoms with van der Waals surface area (Å²) in [7, 11) is 1.84. The van der Waals surface area contributed by atoms with Crippen molar-refractivity contribution in [2.24, 2.45) is 23.7 Å². The van der Waals surface area contributed by atoms with Gasteiger partial charge < -0.3 is 15.4 Å². The Morgan fingerprint density at radius 1 is 1.17 bits per heavy atom. The average Bonchev–Trinajstić information content (AvgIpc) is 2.54. The fourth-order valence-corrected chi connectivity index (χ4v) is 5.79. The van der Waals surface area contributed by atoms with Gasteiger partial charge in [-0.1, -0.05) is 12.1 Å². The van der Waals surface area contributed by atoms with Gasteiger partial charge in [0.2, 0.25) is 0 Å². The van der Waals surface area contributed by atoms with Gasteiger partial charge in [-0.25, -0.2) is 4.79 Å². The lowest BCUT2D eigenvalue weighted by Gasteiger charge is -2.60. The number of benzene rings is 1. The topological polar surface area (TPSA) is 50.4 Å². The van der Waals surface area contributed by atoms with E-state index in [0.29, 0.717) is 18.4 Å². The molecule has 4 heteroatoms. The van der Waals surface area contributed by atoms with Gasteiger partial charge in [-0.3, -0.25) is 0 Å². The first kappa shape index (κ1) is 15.9. The van der Waals surface area contributed by atoms with Crippen LogP contribution in [0.1, 0.15) is 37.7 Å². The lowest BCUT2D eigenvalue weighted by Crippen LogP contribution is -2.63. The molecule has 4 nitrogen and oxygen atoms in total. The molecule has 0 unspecified atom stereocenters. The molecule has 1 aromatic rings. The van der Waals surface area contributed by atoms with Gasteiger partial charge in [-0.15, -0.1) is 0 Å². The Morgan fingerprint density at radius 2 is 1.83 bits per heavy atom. The fourth-order valence-electron chi connectivity index (χ4n) is 5.79. The molecule has 0 heterocycles. The number of urea groups is 1. The van der Waals surface area contributed by atoms with Gasteiger partial charge in [0.25, 0.3) is 0 Å². The summed E-state index contributed by atoms with van der Waals surface area (Å²) in [5, 5.41) is 6.04. The van der Waals surface area contributed by atoms with Gasteiger partial charge in [0.1, 0.15) is 0 Å². The van der Waals surface area contributed by atoms with E-state index in [2.05, 4.69) is 10.6 Å². The lowest BCUT2D eigenvalue weighted by molar-refractivity contribution is -0.186. The first-order chi connectivity index (χ1) is 11.6. The summed E-state index contributed by atoms with van der Waals surface area (Å²) in [5.41, 5.74) is 1.82. The predicted octanol–water partition coefficient (Wildman–Crippen LogP) is 3.96. The molecule has 24 heavy (non-hydrogen) atoms. The molecule has 4 saturated carbocycles. The molecule has 2 amide bonds. The summed E-state index contributed by atoms with van der Waals surface area (Å²) in [6.07, 6.45) is 6.54. The van der Waals surface area contributed by atoms with Crippen molar-refractivity contribution in [1.82, 2.24) is 5.32 Å². The van der Waals surface area contributed by atoms with Crippen molar-refractivity contribution in [1.29, 1.82) is 0 Å². The molecule has 130 valence electrons. The summed E-state index contributed by atoms with van der Waals surface area (Å²) in [6, 6.07) is 7.75. The van der Waals surface area contributed by atoms with Gasteiger partial charge in [0.05, 0.1) is 5.60 Å². The summed E-state index contributed by atoms with van der Waals surface area (Å²) in [6.45, 7) is 2.65. The highest BCUT2D eigenvalue weighted by atomic mass is 16.5. The van der Waals surface area contributed by atoms with E-state index in [1.54, 1.807) is 0 Å². The van der Waals surface area contributed by atoms with Gasteiger partial charge in [-0.2, -0.15) is 0 Å². The van der Waals surface area contributed by atoms with Gasteiger partial charge in [0, 0.05) is 19.3 Å². The largest absolute Gasteiger partial charge is 0.376 e. The van der Waals surface area contributed by atoms with Crippen LogP contribution in [0.3, 0.4) is 0 Å². The summed E-state index contributed by atoms with van der Waals surface area (Å²) >= 11 is 0. The number of carbonyl (C=O) groups excluding carboxylic acids is 1. The minimum absolute atomic E-state index is 0.133. The second-order valence-electron chi connectivity index (χ2n) is 8.14. The number of amides is 2. The standard InChI is InChI=1S/C20H28N2O2/c1-13-4-3-5-18(6-13)22-19(23)21-12-20(24-2)16-8-14-7-15(10-16)11-17(20)9-14/h3-6,14-17H,7-12H2,1-2H3,(H2,21,22,23). The van der Waals surface area contributed by atoms with Crippen molar-refractivity contribution in [2.45, 2.75) is 44.6 Å². The number of anilines is 1. The zero-order valence-corrected chi connectivity index (χ0v) is 14.7. The van der Waals surface area contributed by atoms with Crippen LogP contribution < -0.4 is 10.6 Å². The number of methoxy groups -OCH3 is 1. The van der Waals surface area contributed by atoms with Gasteiger partial charge in [-0.05, 0) is 80.4 Å². The molecule has 5 rings (SSSR count). The number of hydrogen-bond donors (Lipinski definition) is 2. The third-order valence-corrected chi connectivity index (χ3v) is 6.70.